The fourth-order valence-electron chi connectivity index (χ4n) is 3.33. The smallest absolute Gasteiger partial charge is 0.101 e. The number of nitriles is 1. The van der Waals surface area contributed by atoms with Gasteiger partial charge in [0, 0.05) is 34.2 Å². The maximum atomic E-state index is 9.15. The molecule has 0 radical (unpaired) electrons. The van der Waals surface area contributed by atoms with Crippen LogP contribution < -0.4 is 10.6 Å². The predicted molar refractivity (Wildman–Crippen MR) is 117 cm³/mol. The van der Waals surface area contributed by atoms with Gasteiger partial charge in [-0.2, -0.15) is 5.26 Å². The Morgan fingerprint density at radius 3 is 2.61 bits per heavy atom. The van der Waals surface area contributed by atoms with Gasteiger partial charge in [-0.25, -0.2) is 0 Å². The van der Waals surface area contributed by atoms with Gasteiger partial charge in [0.2, 0.25) is 0 Å². The average molecular weight is 388 g/mol. The zero-order valence-electron chi connectivity index (χ0n) is 15.5. The Balaban J connectivity index is 1.62. The van der Waals surface area contributed by atoms with E-state index < -0.39 is 0 Å². The first-order chi connectivity index (χ1) is 13.6. The third-order valence-electron chi connectivity index (χ3n) is 4.86. The van der Waals surface area contributed by atoms with Gasteiger partial charge in [-0.15, -0.1) is 11.3 Å². The van der Waals surface area contributed by atoms with Crippen LogP contribution in [0.4, 0.5) is 5.69 Å². The lowest BCUT2D eigenvalue weighted by Crippen LogP contribution is -2.36. The van der Waals surface area contributed by atoms with Gasteiger partial charge in [-0.05, 0) is 52.7 Å². The number of rotatable bonds is 4. The highest BCUT2D eigenvalue weighted by Crippen LogP contribution is 2.33. The molecule has 2 N–H and O–H groups in total. The van der Waals surface area contributed by atoms with Crippen LogP contribution in [0.5, 0.6) is 0 Å². The molecule has 1 aromatic heterocycles. The van der Waals surface area contributed by atoms with E-state index in [1.165, 1.54) is 22.0 Å². The lowest BCUT2D eigenvalue weighted by Gasteiger charge is -2.29. The molecule has 0 aliphatic carbocycles. The zero-order valence-corrected chi connectivity index (χ0v) is 16.3. The minimum absolute atomic E-state index is 0.291. The van der Waals surface area contributed by atoms with Crippen molar-refractivity contribution in [2.24, 2.45) is 5.73 Å². The third kappa shape index (κ3) is 3.79. The van der Waals surface area contributed by atoms with Gasteiger partial charge in [0.05, 0.1) is 18.8 Å². The van der Waals surface area contributed by atoms with Gasteiger partial charge in [0.15, 0.2) is 0 Å². The minimum atomic E-state index is 0.291. The molecule has 28 heavy (non-hydrogen) atoms. The van der Waals surface area contributed by atoms with Crippen LogP contribution >= 0.6 is 11.3 Å². The summed E-state index contributed by atoms with van der Waals surface area (Å²) >= 11 is 1.64. The Morgan fingerprint density at radius 1 is 1.11 bits per heavy atom. The summed E-state index contributed by atoms with van der Waals surface area (Å²) in [5.74, 6) is 0. The van der Waals surface area contributed by atoms with Gasteiger partial charge >= 0.3 is 0 Å². The van der Waals surface area contributed by atoms with Crippen LogP contribution in [0.1, 0.15) is 4.88 Å². The van der Waals surface area contributed by atoms with Crippen LogP contribution in [0.15, 0.2) is 66.4 Å². The molecule has 140 valence electrons. The van der Waals surface area contributed by atoms with Crippen LogP contribution in [0.2, 0.25) is 0 Å². The van der Waals surface area contributed by atoms with E-state index in [-0.39, 0.29) is 0 Å². The van der Waals surface area contributed by atoms with Crippen molar-refractivity contribution in [2.45, 2.75) is 0 Å². The Labute approximate surface area is 168 Å². The first-order valence-electron chi connectivity index (χ1n) is 9.17. The van der Waals surface area contributed by atoms with Gasteiger partial charge in [-0.1, -0.05) is 24.8 Å². The Hall–Kier alpha value is -3.07. The van der Waals surface area contributed by atoms with E-state index in [0.29, 0.717) is 11.3 Å². The first-order valence-corrected chi connectivity index (χ1v) is 9.99. The van der Waals surface area contributed by atoms with E-state index in [1.807, 2.05) is 6.07 Å². The molecule has 3 aromatic rings. The fraction of sp³-hybridized carbons (Fsp3) is 0.174. The van der Waals surface area contributed by atoms with E-state index in [9.17, 15) is 0 Å². The van der Waals surface area contributed by atoms with Crippen LogP contribution in [-0.4, -0.2) is 26.3 Å². The van der Waals surface area contributed by atoms with Crippen LogP contribution in [0.25, 0.3) is 27.3 Å². The number of hydrogen-bond acceptors (Lipinski definition) is 5. The van der Waals surface area contributed by atoms with Gasteiger partial charge in [-0.3, -0.25) is 0 Å². The summed E-state index contributed by atoms with van der Waals surface area (Å²) in [5, 5.41) is 11.6. The highest BCUT2D eigenvalue weighted by atomic mass is 32.1. The summed E-state index contributed by atoms with van der Waals surface area (Å²) in [6, 6.07) is 19.3. The number of nitrogens with two attached hydrogens (primary N) is 1. The van der Waals surface area contributed by atoms with Crippen molar-refractivity contribution < 1.29 is 4.74 Å². The molecule has 0 unspecified atom stereocenters. The first kappa shape index (κ1) is 18.3. The second kappa shape index (κ2) is 7.89. The molecular formula is C23H21N3OS. The van der Waals surface area contributed by atoms with E-state index in [1.54, 1.807) is 17.4 Å². The molecule has 2 heterocycles. The molecule has 0 atom stereocenters. The Kier molecular flexibility index (Phi) is 5.16. The summed E-state index contributed by atoms with van der Waals surface area (Å²) in [4.78, 5) is 4.51. The lowest BCUT2D eigenvalue weighted by molar-refractivity contribution is 0.122. The van der Waals surface area contributed by atoms with E-state index in [2.05, 4.69) is 60.0 Å². The number of allylic oxidation sites excluding steroid dienone is 1. The molecule has 1 aliphatic rings. The summed E-state index contributed by atoms with van der Waals surface area (Å²) in [5.41, 5.74) is 8.76. The largest absolute Gasteiger partial charge is 0.398 e. The Morgan fingerprint density at radius 2 is 1.86 bits per heavy atom. The van der Waals surface area contributed by atoms with E-state index in [4.69, 9.17) is 15.7 Å². The highest BCUT2D eigenvalue weighted by molar-refractivity contribution is 7.16. The summed E-state index contributed by atoms with van der Waals surface area (Å²) < 4.78 is 5.45. The van der Waals surface area contributed by atoms with Crippen LogP contribution in [0.3, 0.4) is 0 Å². The second-order valence-electron chi connectivity index (χ2n) is 6.74. The molecular weight excluding hydrogens is 366 g/mol. The SMILES string of the molecule is C=C(N)/C(C#N)=C/c1ccc(-c2ccc3cc(N4CCOCC4)ccc3c2)s1. The van der Waals surface area contributed by atoms with Crippen molar-refractivity contribution in [3.8, 4) is 16.5 Å². The van der Waals surface area contributed by atoms with E-state index >= 15 is 0 Å². The number of anilines is 1. The van der Waals surface area contributed by atoms with Gasteiger partial charge < -0.3 is 15.4 Å². The summed E-state index contributed by atoms with van der Waals surface area (Å²) in [6.07, 6.45) is 1.78. The zero-order chi connectivity index (χ0) is 19.5. The second-order valence-corrected chi connectivity index (χ2v) is 7.86. The van der Waals surface area contributed by atoms with Crippen molar-refractivity contribution >= 4 is 33.9 Å². The number of fused-ring (bicyclic) bond motifs is 1. The maximum Gasteiger partial charge on any atom is 0.101 e. The third-order valence-corrected chi connectivity index (χ3v) is 5.95. The average Bonchev–Trinajstić information content (AvgIpc) is 3.20. The van der Waals surface area contributed by atoms with Crippen LogP contribution in [0, 0.1) is 11.3 Å². The molecule has 1 fully saturated rings. The fourth-order valence-corrected chi connectivity index (χ4v) is 4.28. The van der Waals surface area contributed by atoms with Gasteiger partial charge in [0.1, 0.15) is 6.07 Å². The van der Waals surface area contributed by atoms with Gasteiger partial charge in [0.25, 0.3) is 0 Å². The molecule has 0 saturated carbocycles. The number of thiophene rings is 1. The molecule has 1 aliphatic heterocycles. The molecule has 0 amide bonds. The van der Waals surface area contributed by atoms with Crippen LogP contribution in [-0.2, 0) is 4.74 Å². The van der Waals surface area contributed by atoms with Crippen molar-refractivity contribution in [3.63, 3.8) is 0 Å². The molecule has 0 bridgehead atoms. The monoisotopic (exact) mass is 387 g/mol. The summed E-state index contributed by atoms with van der Waals surface area (Å²) in [7, 11) is 0. The minimum Gasteiger partial charge on any atom is -0.398 e. The molecule has 4 rings (SSSR count). The Bertz CT molecular complexity index is 1100. The number of ether oxygens (including phenoxy) is 1. The molecule has 2 aromatic carbocycles. The topological polar surface area (TPSA) is 62.3 Å². The maximum absolute atomic E-state index is 9.15. The number of nitrogens with zero attached hydrogens (tertiary/aromatic N) is 2. The lowest BCUT2D eigenvalue weighted by atomic mass is 10.0. The van der Waals surface area contributed by atoms with Crippen molar-refractivity contribution in [1.29, 1.82) is 5.26 Å². The molecule has 0 spiro atoms. The number of benzene rings is 2. The van der Waals surface area contributed by atoms with Crippen molar-refractivity contribution in [3.05, 3.63) is 71.3 Å². The number of hydrogen-bond donors (Lipinski definition) is 1. The van der Waals surface area contributed by atoms with Crippen molar-refractivity contribution in [1.82, 2.24) is 0 Å². The quantitative estimate of drug-likeness (QED) is 0.517. The van der Waals surface area contributed by atoms with Crippen molar-refractivity contribution in [2.75, 3.05) is 31.2 Å². The number of morpholine rings is 1. The molecule has 5 heteroatoms. The standard InChI is InChI=1S/C23H21N3OS/c1-16(25)20(15-24)14-22-6-7-23(28-22)19-3-2-18-13-21(5-4-17(18)12-19)26-8-10-27-11-9-26/h2-7,12-14H,1,8-11,25H2/b20-14+. The normalized spacial score (nSPS) is 14.8. The highest BCUT2D eigenvalue weighted by Gasteiger charge is 2.12. The van der Waals surface area contributed by atoms with E-state index in [0.717, 1.165) is 36.1 Å². The molecule has 4 nitrogen and oxygen atoms in total. The predicted octanol–water partition coefficient (Wildman–Crippen LogP) is 4.78. The molecule has 1 saturated heterocycles. The summed E-state index contributed by atoms with van der Waals surface area (Å²) in [6.45, 7) is 7.10.